The summed E-state index contributed by atoms with van der Waals surface area (Å²) in [4.78, 5) is 8.65. The topological polar surface area (TPSA) is 72.5 Å². The highest BCUT2D eigenvalue weighted by atomic mass is 35.5. The molecular weight excluding hydrogens is 352 g/mol. The van der Waals surface area contributed by atoms with Crippen molar-refractivity contribution < 1.29 is 9.84 Å². The molecule has 4 rings (SSSR count). The Morgan fingerprint density at radius 1 is 1.15 bits per heavy atom. The molecule has 26 heavy (non-hydrogen) atoms. The highest BCUT2D eigenvalue weighted by Gasteiger charge is 2.10. The van der Waals surface area contributed by atoms with E-state index in [9.17, 15) is 5.11 Å². The third kappa shape index (κ3) is 3.19. The Morgan fingerprint density at radius 3 is 2.88 bits per heavy atom. The highest BCUT2D eigenvalue weighted by Crippen LogP contribution is 2.31. The van der Waals surface area contributed by atoms with E-state index >= 15 is 0 Å². The molecule has 0 amide bonds. The van der Waals surface area contributed by atoms with Gasteiger partial charge in [0.15, 0.2) is 11.5 Å². The van der Waals surface area contributed by atoms with Crippen LogP contribution in [0.2, 0.25) is 5.02 Å². The maximum atomic E-state index is 9.71. The molecule has 0 bridgehead atoms. The van der Waals surface area contributed by atoms with Crippen LogP contribution in [-0.2, 0) is 6.42 Å². The van der Waals surface area contributed by atoms with Crippen molar-refractivity contribution in [3.8, 4) is 22.8 Å². The van der Waals surface area contributed by atoms with Crippen LogP contribution < -0.4 is 4.74 Å². The molecule has 0 radical (unpaired) electrons. The van der Waals surface area contributed by atoms with Crippen LogP contribution in [-0.4, -0.2) is 31.8 Å². The summed E-state index contributed by atoms with van der Waals surface area (Å²) in [6, 6.07) is 12.4. The van der Waals surface area contributed by atoms with Crippen molar-refractivity contribution in [1.29, 1.82) is 0 Å². The van der Waals surface area contributed by atoms with Gasteiger partial charge in [-0.05, 0) is 42.0 Å². The Balaban J connectivity index is 1.68. The summed E-state index contributed by atoms with van der Waals surface area (Å²) in [6.07, 6.45) is 4.12. The van der Waals surface area contributed by atoms with E-state index in [-0.39, 0.29) is 5.75 Å². The van der Waals surface area contributed by atoms with Crippen LogP contribution in [0.5, 0.6) is 11.6 Å². The normalized spacial score (nSPS) is 11.0. The summed E-state index contributed by atoms with van der Waals surface area (Å²) < 4.78 is 6.86. The zero-order valence-corrected chi connectivity index (χ0v) is 14.7. The molecule has 1 N–H and O–H groups in total. The monoisotopic (exact) mass is 366 g/mol. The first kappa shape index (κ1) is 16.4. The van der Waals surface area contributed by atoms with E-state index in [1.807, 2.05) is 30.5 Å². The number of benzene rings is 1. The predicted octanol–water partition coefficient (Wildman–Crippen LogP) is 3.75. The number of hydrogen-bond acceptors (Lipinski definition) is 5. The minimum Gasteiger partial charge on any atom is -0.508 e. The van der Waals surface area contributed by atoms with Crippen molar-refractivity contribution >= 4 is 17.2 Å². The van der Waals surface area contributed by atoms with Crippen LogP contribution in [0, 0.1) is 0 Å². The van der Waals surface area contributed by atoms with Crippen LogP contribution in [0.4, 0.5) is 0 Å². The summed E-state index contributed by atoms with van der Waals surface area (Å²) in [7, 11) is 1.59. The van der Waals surface area contributed by atoms with Gasteiger partial charge in [0.05, 0.1) is 7.11 Å². The second-order valence-corrected chi connectivity index (χ2v) is 6.20. The molecule has 7 heteroatoms. The molecule has 0 spiro atoms. The minimum atomic E-state index is 0.162. The first-order valence-corrected chi connectivity index (χ1v) is 8.33. The standard InChI is InChI=1S/C19H15ClN4O2/c1-26-19-9-12(6-7-21-19)8-17-22-18-5-2-13(11-24(18)23-17)15-10-14(25)3-4-16(15)20/h2-7,9-11,25H,8H2,1H3. The van der Waals surface area contributed by atoms with E-state index in [2.05, 4.69) is 15.1 Å². The van der Waals surface area contributed by atoms with Crippen molar-refractivity contribution in [1.82, 2.24) is 19.6 Å². The second kappa shape index (κ2) is 6.65. The summed E-state index contributed by atoms with van der Waals surface area (Å²) in [5, 5.41) is 14.8. The number of methoxy groups -OCH3 is 1. The Bertz CT molecular complexity index is 1090. The Kier molecular flexibility index (Phi) is 4.18. The number of hydrogen-bond donors (Lipinski definition) is 1. The lowest BCUT2D eigenvalue weighted by molar-refractivity contribution is 0.397. The maximum absolute atomic E-state index is 9.71. The van der Waals surface area contributed by atoms with Crippen molar-refractivity contribution in [3.05, 3.63) is 71.3 Å². The molecule has 6 nitrogen and oxygen atoms in total. The zero-order chi connectivity index (χ0) is 18.1. The molecular formula is C19H15ClN4O2. The van der Waals surface area contributed by atoms with Crippen molar-refractivity contribution in [3.63, 3.8) is 0 Å². The molecule has 0 atom stereocenters. The number of aromatic nitrogens is 4. The molecule has 0 saturated heterocycles. The number of phenolic OH excluding ortho intramolecular Hbond substituents is 1. The van der Waals surface area contributed by atoms with Crippen LogP contribution in [0.3, 0.4) is 0 Å². The molecule has 3 heterocycles. The highest BCUT2D eigenvalue weighted by molar-refractivity contribution is 6.33. The Labute approximate surface area is 154 Å². The van der Waals surface area contributed by atoms with Crippen molar-refractivity contribution in [2.24, 2.45) is 0 Å². The molecule has 130 valence electrons. The van der Waals surface area contributed by atoms with Gasteiger partial charge in [0.2, 0.25) is 5.88 Å². The van der Waals surface area contributed by atoms with Gasteiger partial charge in [0, 0.05) is 41.0 Å². The minimum absolute atomic E-state index is 0.162. The molecule has 0 aliphatic carbocycles. The fourth-order valence-electron chi connectivity index (χ4n) is 2.75. The van der Waals surface area contributed by atoms with Gasteiger partial charge >= 0.3 is 0 Å². The number of phenols is 1. The van der Waals surface area contributed by atoms with E-state index in [1.165, 1.54) is 0 Å². The van der Waals surface area contributed by atoms with Gasteiger partial charge in [-0.25, -0.2) is 14.5 Å². The number of ether oxygens (including phenoxy) is 1. The maximum Gasteiger partial charge on any atom is 0.213 e. The van der Waals surface area contributed by atoms with E-state index in [4.69, 9.17) is 16.3 Å². The van der Waals surface area contributed by atoms with Crippen LogP contribution in [0.1, 0.15) is 11.4 Å². The lowest BCUT2D eigenvalue weighted by Crippen LogP contribution is -1.94. The second-order valence-electron chi connectivity index (χ2n) is 5.80. The average Bonchev–Trinajstić information content (AvgIpc) is 3.05. The van der Waals surface area contributed by atoms with E-state index in [1.54, 1.807) is 36.0 Å². The molecule has 0 aliphatic heterocycles. The Hall–Kier alpha value is -3.12. The van der Waals surface area contributed by atoms with Gasteiger partial charge in [0.25, 0.3) is 0 Å². The largest absolute Gasteiger partial charge is 0.508 e. The summed E-state index contributed by atoms with van der Waals surface area (Å²) >= 11 is 6.25. The third-order valence-corrected chi connectivity index (χ3v) is 4.34. The number of rotatable bonds is 4. The number of pyridine rings is 2. The van der Waals surface area contributed by atoms with Crippen molar-refractivity contribution in [2.75, 3.05) is 7.11 Å². The SMILES string of the molecule is COc1cc(Cc2nc3ccc(-c4cc(O)ccc4Cl)cn3n2)ccn1. The zero-order valence-electron chi connectivity index (χ0n) is 13.9. The van der Waals surface area contributed by atoms with Gasteiger partial charge in [-0.3, -0.25) is 0 Å². The third-order valence-electron chi connectivity index (χ3n) is 4.01. The first-order chi connectivity index (χ1) is 12.6. The molecule has 3 aromatic heterocycles. The van der Waals surface area contributed by atoms with Gasteiger partial charge in [0.1, 0.15) is 5.75 Å². The van der Waals surface area contributed by atoms with E-state index in [0.717, 1.165) is 22.3 Å². The molecule has 0 saturated carbocycles. The van der Waals surface area contributed by atoms with Crippen LogP contribution >= 0.6 is 11.6 Å². The smallest absolute Gasteiger partial charge is 0.213 e. The number of fused-ring (bicyclic) bond motifs is 1. The van der Waals surface area contributed by atoms with Gasteiger partial charge in [-0.2, -0.15) is 5.10 Å². The van der Waals surface area contributed by atoms with Crippen LogP contribution in [0.15, 0.2) is 54.9 Å². The average molecular weight is 367 g/mol. The number of halogens is 1. The van der Waals surface area contributed by atoms with Gasteiger partial charge in [-0.1, -0.05) is 11.6 Å². The quantitative estimate of drug-likeness (QED) is 0.595. The summed E-state index contributed by atoms with van der Waals surface area (Å²) in [5.41, 5.74) is 3.34. The van der Waals surface area contributed by atoms with Crippen LogP contribution in [0.25, 0.3) is 16.8 Å². The lowest BCUT2D eigenvalue weighted by atomic mass is 10.1. The molecule has 0 aliphatic rings. The fraction of sp³-hybridized carbons (Fsp3) is 0.105. The van der Waals surface area contributed by atoms with E-state index in [0.29, 0.717) is 23.1 Å². The summed E-state index contributed by atoms with van der Waals surface area (Å²) in [5.74, 6) is 1.42. The molecule has 4 aromatic rings. The molecule has 1 aromatic carbocycles. The summed E-state index contributed by atoms with van der Waals surface area (Å²) in [6.45, 7) is 0. The van der Waals surface area contributed by atoms with E-state index < -0.39 is 0 Å². The Morgan fingerprint density at radius 2 is 2.04 bits per heavy atom. The fourth-order valence-corrected chi connectivity index (χ4v) is 2.98. The lowest BCUT2D eigenvalue weighted by Gasteiger charge is -2.05. The molecule has 0 unspecified atom stereocenters. The first-order valence-electron chi connectivity index (χ1n) is 7.95. The number of nitrogens with zero attached hydrogens (tertiary/aromatic N) is 4. The predicted molar refractivity (Wildman–Crippen MR) is 98.7 cm³/mol. The van der Waals surface area contributed by atoms with Crippen molar-refractivity contribution in [2.45, 2.75) is 6.42 Å². The number of aromatic hydroxyl groups is 1. The van der Waals surface area contributed by atoms with Gasteiger partial charge in [-0.15, -0.1) is 0 Å². The van der Waals surface area contributed by atoms with Gasteiger partial charge < -0.3 is 9.84 Å². The molecule has 0 fully saturated rings.